The number of ether oxygens (including phenoxy) is 1. The number of rotatable bonds is 8. The first kappa shape index (κ1) is 18.8. The smallest absolute Gasteiger partial charge is 0.324 e. The molecule has 2 rings (SSSR count). The number of hydrogen-bond donors (Lipinski definition) is 1. The zero-order chi connectivity index (χ0) is 17.5. The van der Waals surface area contributed by atoms with Crippen molar-refractivity contribution in [3.63, 3.8) is 0 Å². The molecule has 1 aromatic heterocycles. The van der Waals surface area contributed by atoms with Crippen molar-refractivity contribution in [2.75, 3.05) is 32.8 Å². The summed E-state index contributed by atoms with van der Waals surface area (Å²) in [5.41, 5.74) is 0. The average molecular weight is 355 g/mol. The minimum Gasteiger partial charge on any atom is -0.379 e. The van der Waals surface area contributed by atoms with Crippen LogP contribution < -0.4 is 5.32 Å². The Kier molecular flexibility index (Phi) is 7.14. The number of nitrogens with one attached hydrogen (secondary N) is 1. The summed E-state index contributed by atoms with van der Waals surface area (Å²) in [6.45, 7) is 8.10. The SMILES string of the molecule is CCC(CC)C(CNC(=O)c1ccc([N+](=O)[O-])s1)N1CCOCC1. The molecule has 1 atom stereocenters. The maximum Gasteiger partial charge on any atom is 0.324 e. The van der Waals surface area contributed by atoms with Crippen LogP contribution in [-0.2, 0) is 4.74 Å². The van der Waals surface area contributed by atoms with Gasteiger partial charge in [0.1, 0.15) is 0 Å². The van der Waals surface area contributed by atoms with Crippen molar-refractivity contribution in [3.8, 4) is 0 Å². The quantitative estimate of drug-likeness (QED) is 0.572. The normalized spacial score (nSPS) is 17.0. The lowest BCUT2D eigenvalue weighted by atomic mass is 9.92. The van der Waals surface area contributed by atoms with Gasteiger partial charge in [0.15, 0.2) is 0 Å². The zero-order valence-electron chi connectivity index (χ0n) is 14.2. The standard InChI is InChI=1S/C16H25N3O4S/c1-3-12(4-2)13(18-7-9-23-10-8-18)11-17-16(20)14-5-6-15(24-14)19(21)22/h5-6,12-13H,3-4,7-11H2,1-2H3,(H,17,20). The molecule has 0 radical (unpaired) electrons. The van der Waals surface area contributed by atoms with E-state index in [1.54, 1.807) is 0 Å². The van der Waals surface area contributed by atoms with Crippen molar-refractivity contribution >= 4 is 22.2 Å². The molecule has 0 bridgehead atoms. The first-order chi connectivity index (χ1) is 11.6. The first-order valence-corrected chi connectivity index (χ1v) is 9.22. The molecule has 0 aromatic carbocycles. The topological polar surface area (TPSA) is 84.7 Å². The summed E-state index contributed by atoms with van der Waals surface area (Å²) in [7, 11) is 0. The molecule has 1 aliphatic heterocycles. The number of amides is 1. The van der Waals surface area contributed by atoms with Crippen molar-refractivity contribution in [1.29, 1.82) is 0 Å². The van der Waals surface area contributed by atoms with Gasteiger partial charge in [0, 0.05) is 31.7 Å². The molecule has 1 fully saturated rings. The molecule has 1 unspecified atom stereocenters. The molecule has 134 valence electrons. The molecule has 1 N–H and O–H groups in total. The fraction of sp³-hybridized carbons (Fsp3) is 0.688. The predicted molar refractivity (Wildman–Crippen MR) is 93.6 cm³/mol. The number of nitro groups is 1. The van der Waals surface area contributed by atoms with Crippen LogP contribution in [0.4, 0.5) is 5.00 Å². The Bertz CT molecular complexity index is 553. The number of nitrogens with zero attached hydrogens (tertiary/aromatic N) is 2. The summed E-state index contributed by atoms with van der Waals surface area (Å²) in [5, 5.41) is 13.7. The van der Waals surface area contributed by atoms with Gasteiger partial charge in [-0.3, -0.25) is 19.8 Å². The minimum atomic E-state index is -0.470. The van der Waals surface area contributed by atoms with Crippen LogP contribution in [0, 0.1) is 16.0 Å². The van der Waals surface area contributed by atoms with Crippen LogP contribution in [0.15, 0.2) is 12.1 Å². The maximum atomic E-state index is 12.3. The highest BCUT2D eigenvalue weighted by atomic mass is 32.1. The summed E-state index contributed by atoms with van der Waals surface area (Å²) >= 11 is 0.912. The molecule has 1 aromatic rings. The van der Waals surface area contributed by atoms with Crippen LogP contribution in [0.1, 0.15) is 36.4 Å². The summed E-state index contributed by atoms with van der Waals surface area (Å²) in [4.78, 5) is 25.3. The Balaban J connectivity index is 1.99. The van der Waals surface area contributed by atoms with Crippen LogP contribution in [0.2, 0.25) is 0 Å². The van der Waals surface area contributed by atoms with Crippen LogP contribution in [-0.4, -0.2) is 54.6 Å². The Labute approximate surface area is 146 Å². The number of carbonyl (C=O) groups is 1. The monoisotopic (exact) mass is 355 g/mol. The molecular weight excluding hydrogens is 330 g/mol. The van der Waals surface area contributed by atoms with Gasteiger partial charge in [-0.2, -0.15) is 0 Å². The summed E-state index contributed by atoms with van der Waals surface area (Å²) in [6.07, 6.45) is 2.11. The lowest BCUT2D eigenvalue weighted by molar-refractivity contribution is -0.380. The molecule has 24 heavy (non-hydrogen) atoms. The van der Waals surface area contributed by atoms with E-state index in [2.05, 4.69) is 24.1 Å². The molecule has 2 heterocycles. The van der Waals surface area contributed by atoms with Gasteiger partial charge in [-0.05, 0) is 12.0 Å². The van der Waals surface area contributed by atoms with Gasteiger partial charge in [0.05, 0.1) is 23.0 Å². The summed E-state index contributed by atoms with van der Waals surface area (Å²) in [5.74, 6) is 0.262. The molecule has 1 saturated heterocycles. The second-order valence-corrected chi connectivity index (χ2v) is 6.96. The molecule has 1 aliphatic rings. The van der Waals surface area contributed by atoms with E-state index < -0.39 is 4.92 Å². The molecule has 0 saturated carbocycles. The number of thiophene rings is 1. The third-order valence-electron chi connectivity index (χ3n) is 4.57. The second-order valence-electron chi connectivity index (χ2n) is 5.90. The number of morpholine rings is 1. The van der Waals surface area contributed by atoms with Gasteiger partial charge in [-0.1, -0.05) is 38.0 Å². The summed E-state index contributed by atoms with van der Waals surface area (Å²) < 4.78 is 5.43. The van der Waals surface area contributed by atoms with E-state index in [1.165, 1.54) is 12.1 Å². The Morgan fingerprint density at radius 2 is 2.04 bits per heavy atom. The lowest BCUT2D eigenvalue weighted by Crippen LogP contribution is -2.52. The Morgan fingerprint density at radius 1 is 1.38 bits per heavy atom. The zero-order valence-corrected chi connectivity index (χ0v) is 15.0. The lowest BCUT2D eigenvalue weighted by Gasteiger charge is -2.38. The molecule has 8 heteroatoms. The molecular formula is C16H25N3O4S. The molecule has 7 nitrogen and oxygen atoms in total. The minimum absolute atomic E-state index is 0.00938. The third-order valence-corrected chi connectivity index (χ3v) is 5.61. The van der Waals surface area contributed by atoms with E-state index in [-0.39, 0.29) is 17.0 Å². The highest BCUT2D eigenvalue weighted by Gasteiger charge is 2.27. The van der Waals surface area contributed by atoms with Crippen LogP contribution in [0.5, 0.6) is 0 Å². The first-order valence-electron chi connectivity index (χ1n) is 8.41. The highest BCUT2D eigenvalue weighted by Crippen LogP contribution is 2.24. The van der Waals surface area contributed by atoms with Gasteiger partial charge in [-0.15, -0.1) is 0 Å². The van der Waals surface area contributed by atoms with E-state index in [4.69, 9.17) is 4.74 Å². The van der Waals surface area contributed by atoms with E-state index in [9.17, 15) is 14.9 Å². The van der Waals surface area contributed by atoms with Crippen LogP contribution >= 0.6 is 11.3 Å². The van der Waals surface area contributed by atoms with Gasteiger partial charge in [0.2, 0.25) is 0 Å². The Morgan fingerprint density at radius 3 is 2.58 bits per heavy atom. The predicted octanol–water partition coefficient (Wildman–Crippen LogP) is 2.52. The van der Waals surface area contributed by atoms with Gasteiger partial charge >= 0.3 is 5.00 Å². The third kappa shape index (κ3) is 4.75. The second kappa shape index (κ2) is 9.10. The van der Waals surface area contributed by atoms with E-state index in [0.29, 0.717) is 17.3 Å². The van der Waals surface area contributed by atoms with Crippen LogP contribution in [0.3, 0.4) is 0 Å². The molecule has 1 amide bonds. The average Bonchev–Trinajstić information content (AvgIpc) is 3.09. The molecule has 0 aliphatic carbocycles. The van der Waals surface area contributed by atoms with E-state index in [1.807, 2.05) is 0 Å². The van der Waals surface area contributed by atoms with E-state index >= 15 is 0 Å². The fourth-order valence-corrected chi connectivity index (χ4v) is 3.90. The van der Waals surface area contributed by atoms with Crippen molar-refractivity contribution in [2.24, 2.45) is 5.92 Å². The maximum absolute atomic E-state index is 12.3. The van der Waals surface area contributed by atoms with E-state index in [0.717, 1.165) is 50.5 Å². The van der Waals surface area contributed by atoms with Crippen LogP contribution in [0.25, 0.3) is 0 Å². The number of hydrogen-bond acceptors (Lipinski definition) is 6. The Hall–Kier alpha value is -1.51. The van der Waals surface area contributed by atoms with Crippen molar-refractivity contribution < 1.29 is 14.5 Å². The number of carbonyl (C=O) groups excluding carboxylic acids is 1. The van der Waals surface area contributed by atoms with Crippen molar-refractivity contribution in [1.82, 2.24) is 10.2 Å². The fourth-order valence-electron chi connectivity index (χ4n) is 3.17. The van der Waals surface area contributed by atoms with Gasteiger partial charge < -0.3 is 10.1 Å². The van der Waals surface area contributed by atoms with Crippen molar-refractivity contribution in [3.05, 3.63) is 27.1 Å². The summed E-state index contributed by atoms with van der Waals surface area (Å²) in [6, 6.07) is 3.15. The largest absolute Gasteiger partial charge is 0.379 e. The van der Waals surface area contributed by atoms with Gasteiger partial charge in [-0.25, -0.2) is 0 Å². The highest BCUT2D eigenvalue weighted by molar-refractivity contribution is 7.17. The van der Waals surface area contributed by atoms with Crippen molar-refractivity contribution in [2.45, 2.75) is 32.7 Å². The molecule has 0 spiro atoms. The van der Waals surface area contributed by atoms with Gasteiger partial charge in [0.25, 0.3) is 5.91 Å².